The summed E-state index contributed by atoms with van der Waals surface area (Å²) < 4.78 is 1.77. The van der Waals surface area contributed by atoms with Crippen LogP contribution in [0.4, 0.5) is 4.79 Å². The Morgan fingerprint density at radius 2 is 2.12 bits per heavy atom. The summed E-state index contributed by atoms with van der Waals surface area (Å²) in [5.41, 5.74) is 1.20. The molecule has 1 atom stereocenters. The summed E-state index contributed by atoms with van der Waals surface area (Å²) in [7, 11) is 0. The van der Waals surface area contributed by atoms with Crippen molar-refractivity contribution in [1.29, 1.82) is 0 Å². The predicted octanol–water partition coefficient (Wildman–Crippen LogP) is 0.720. The number of aryl methyl sites for hydroxylation is 2. The van der Waals surface area contributed by atoms with Crippen LogP contribution in [-0.2, 0) is 11.3 Å². The molecule has 0 fully saturated rings. The minimum absolute atomic E-state index is 0.166. The molecule has 0 bridgehead atoms. The lowest BCUT2D eigenvalue weighted by Crippen LogP contribution is -2.51. The molecular weight excluding hydrogens is 328 g/mol. The van der Waals surface area contributed by atoms with Gasteiger partial charge in [0.2, 0.25) is 0 Å². The number of rotatable bonds is 7. The molecule has 3 amide bonds. The van der Waals surface area contributed by atoms with Gasteiger partial charge in [0.15, 0.2) is 0 Å². The predicted molar refractivity (Wildman–Crippen MR) is 93.7 cm³/mol. The maximum atomic E-state index is 12.6. The summed E-state index contributed by atoms with van der Waals surface area (Å²) in [5.74, 6) is 2.24. The second-order valence-electron chi connectivity index (χ2n) is 5.66. The zero-order valence-corrected chi connectivity index (χ0v) is 15.3. The molecule has 24 heavy (non-hydrogen) atoms. The molecule has 8 nitrogen and oxygen atoms in total. The number of carbonyl (C=O) groups excluding carboxylic acids is 2. The van der Waals surface area contributed by atoms with Crippen molar-refractivity contribution < 1.29 is 9.59 Å². The molecule has 1 unspecified atom stereocenters. The van der Waals surface area contributed by atoms with Gasteiger partial charge in [0.1, 0.15) is 11.6 Å². The van der Waals surface area contributed by atoms with Crippen molar-refractivity contribution in [3.63, 3.8) is 0 Å². The quantitative estimate of drug-likeness (QED) is 0.671. The van der Waals surface area contributed by atoms with Crippen LogP contribution >= 0.6 is 11.8 Å². The normalized spacial score (nSPS) is 17.5. The molecule has 0 saturated heterocycles. The van der Waals surface area contributed by atoms with E-state index in [2.05, 4.69) is 26.0 Å². The molecule has 0 spiro atoms. The number of carbonyl (C=O) groups is 2. The highest BCUT2D eigenvalue weighted by Crippen LogP contribution is 2.16. The van der Waals surface area contributed by atoms with E-state index >= 15 is 0 Å². The molecule has 0 aliphatic carbocycles. The van der Waals surface area contributed by atoms with Crippen LogP contribution in [0.25, 0.3) is 0 Å². The van der Waals surface area contributed by atoms with Crippen LogP contribution in [0.2, 0.25) is 0 Å². The second kappa shape index (κ2) is 8.18. The van der Waals surface area contributed by atoms with E-state index in [1.807, 2.05) is 20.1 Å². The number of hydrogen-bond donors (Lipinski definition) is 3. The molecule has 0 radical (unpaired) electrons. The summed E-state index contributed by atoms with van der Waals surface area (Å²) in [6.07, 6.45) is 2.72. The van der Waals surface area contributed by atoms with Gasteiger partial charge in [-0.15, -0.1) is 0 Å². The maximum absolute atomic E-state index is 12.6. The zero-order chi connectivity index (χ0) is 17.7. The van der Waals surface area contributed by atoms with Crippen LogP contribution in [0.15, 0.2) is 11.3 Å². The van der Waals surface area contributed by atoms with Gasteiger partial charge >= 0.3 is 6.03 Å². The number of thioether (sulfide) groups is 1. The Kier molecular flexibility index (Phi) is 6.24. The van der Waals surface area contributed by atoms with Gasteiger partial charge in [0.05, 0.1) is 18.2 Å². The van der Waals surface area contributed by atoms with Gasteiger partial charge < -0.3 is 16.0 Å². The van der Waals surface area contributed by atoms with Crippen molar-refractivity contribution in [3.05, 3.63) is 22.9 Å². The van der Waals surface area contributed by atoms with Crippen molar-refractivity contribution >= 4 is 23.7 Å². The fourth-order valence-corrected chi connectivity index (χ4v) is 3.16. The lowest BCUT2D eigenvalue weighted by atomic mass is 10.00. The third-order valence-electron chi connectivity index (χ3n) is 3.79. The fourth-order valence-electron chi connectivity index (χ4n) is 2.69. The monoisotopic (exact) mass is 352 g/mol. The minimum Gasteiger partial charge on any atom is -0.350 e. The van der Waals surface area contributed by atoms with Crippen LogP contribution in [0.3, 0.4) is 0 Å². The van der Waals surface area contributed by atoms with Crippen LogP contribution in [0.5, 0.6) is 0 Å². The summed E-state index contributed by atoms with van der Waals surface area (Å²) in [6, 6.07) is -0.523. The van der Waals surface area contributed by atoms with E-state index in [1.165, 1.54) is 0 Å². The molecule has 0 saturated carbocycles. The number of hydrogen-bond acceptors (Lipinski definition) is 5. The highest BCUT2D eigenvalue weighted by Gasteiger charge is 2.29. The molecule has 9 heteroatoms. The molecule has 1 aliphatic heterocycles. The van der Waals surface area contributed by atoms with E-state index in [0.29, 0.717) is 30.2 Å². The van der Waals surface area contributed by atoms with Crippen molar-refractivity contribution in [2.45, 2.75) is 39.8 Å². The first-order valence-corrected chi connectivity index (χ1v) is 9.25. The van der Waals surface area contributed by atoms with Gasteiger partial charge in [0, 0.05) is 12.2 Å². The standard InChI is InChI=1S/C15H24N6O2S/c1-9-13(12(5-8-24-4)19-15(23)17-9)14(22)16-6-7-21-11(3)18-10(2)20-21/h12H,5-8H2,1-4H3,(H,16,22)(H2,17,19,23). The van der Waals surface area contributed by atoms with Gasteiger partial charge in [-0.2, -0.15) is 16.9 Å². The van der Waals surface area contributed by atoms with Crippen LogP contribution in [0, 0.1) is 13.8 Å². The third kappa shape index (κ3) is 4.50. The average Bonchev–Trinajstić information content (AvgIpc) is 2.82. The number of urea groups is 1. The van der Waals surface area contributed by atoms with Gasteiger partial charge in [-0.05, 0) is 39.2 Å². The number of nitrogens with one attached hydrogen (secondary N) is 3. The molecule has 2 heterocycles. The Hall–Kier alpha value is -2.03. The molecule has 3 N–H and O–H groups in total. The topological polar surface area (TPSA) is 101 Å². The minimum atomic E-state index is -0.262. The Morgan fingerprint density at radius 3 is 2.75 bits per heavy atom. The molecule has 2 rings (SSSR count). The molecule has 132 valence electrons. The summed E-state index contributed by atoms with van der Waals surface area (Å²) in [6.45, 7) is 6.48. The van der Waals surface area contributed by atoms with E-state index < -0.39 is 0 Å². The number of aromatic nitrogens is 3. The Bertz CT molecular complexity index is 654. The highest BCUT2D eigenvalue weighted by atomic mass is 32.2. The average molecular weight is 352 g/mol. The molecule has 0 aromatic carbocycles. The van der Waals surface area contributed by atoms with Gasteiger partial charge in [-0.3, -0.25) is 4.79 Å². The van der Waals surface area contributed by atoms with E-state index in [1.54, 1.807) is 23.4 Å². The Morgan fingerprint density at radius 1 is 1.38 bits per heavy atom. The number of amides is 3. The van der Waals surface area contributed by atoms with Crippen LogP contribution < -0.4 is 16.0 Å². The van der Waals surface area contributed by atoms with E-state index in [0.717, 1.165) is 18.0 Å². The van der Waals surface area contributed by atoms with Crippen molar-refractivity contribution in [3.8, 4) is 0 Å². The van der Waals surface area contributed by atoms with Crippen LogP contribution in [0.1, 0.15) is 25.0 Å². The van der Waals surface area contributed by atoms with Crippen molar-refractivity contribution in [1.82, 2.24) is 30.7 Å². The number of nitrogens with zero attached hydrogens (tertiary/aromatic N) is 3. The van der Waals surface area contributed by atoms with Gasteiger partial charge in [-0.25, -0.2) is 14.5 Å². The molecular formula is C15H24N6O2S. The molecule has 1 aromatic heterocycles. The first-order chi connectivity index (χ1) is 11.4. The lowest BCUT2D eigenvalue weighted by Gasteiger charge is -2.28. The zero-order valence-electron chi connectivity index (χ0n) is 14.5. The van der Waals surface area contributed by atoms with Gasteiger partial charge in [0.25, 0.3) is 5.91 Å². The first kappa shape index (κ1) is 18.3. The lowest BCUT2D eigenvalue weighted by molar-refractivity contribution is -0.117. The van der Waals surface area contributed by atoms with E-state index in [-0.39, 0.29) is 18.0 Å². The summed E-state index contributed by atoms with van der Waals surface area (Å²) in [5, 5.41) is 12.7. The van der Waals surface area contributed by atoms with E-state index in [9.17, 15) is 9.59 Å². The number of allylic oxidation sites excluding steroid dienone is 1. The second-order valence-corrected chi connectivity index (χ2v) is 6.64. The van der Waals surface area contributed by atoms with Gasteiger partial charge in [-0.1, -0.05) is 0 Å². The Balaban J connectivity index is 1.99. The van der Waals surface area contributed by atoms with Crippen LogP contribution in [-0.4, -0.2) is 51.3 Å². The van der Waals surface area contributed by atoms with Crippen molar-refractivity contribution in [2.24, 2.45) is 0 Å². The first-order valence-electron chi connectivity index (χ1n) is 7.85. The maximum Gasteiger partial charge on any atom is 0.319 e. The SMILES string of the molecule is CSCCC1NC(=O)NC(C)=C1C(=O)NCCn1nc(C)nc1C. The highest BCUT2D eigenvalue weighted by molar-refractivity contribution is 7.98. The summed E-state index contributed by atoms with van der Waals surface area (Å²) >= 11 is 1.69. The Labute approximate surface area is 145 Å². The van der Waals surface area contributed by atoms with Crippen molar-refractivity contribution in [2.75, 3.05) is 18.6 Å². The third-order valence-corrected chi connectivity index (χ3v) is 4.43. The fraction of sp³-hybridized carbons (Fsp3) is 0.600. The summed E-state index contributed by atoms with van der Waals surface area (Å²) in [4.78, 5) is 28.4. The van der Waals surface area contributed by atoms with E-state index in [4.69, 9.17) is 0 Å². The molecule has 1 aromatic rings. The largest absolute Gasteiger partial charge is 0.350 e. The smallest absolute Gasteiger partial charge is 0.319 e. The molecule has 1 aliphatic rings.